The monoisotopic (exact) mass is 333 g/mol. The molecule has 1 aliphatic rings. The first-order chi connectivity index (χ1) is 10.8. The molecule has 2 aromatic rings. The molecule has 23 heavy (non-hydrogen) atoms. The van der Waals surface area contributed by atoms with Gasteiger partial charge < -0.3 is 14.5 Å². The van der Waals surface area contributed by atoms with Crippen LogP contribution in [0.1, 0.15) is 27.7 Å². The highest BCUT2D eigenvalue weighted by molar-refractivity contribution is 7.13. The van der Waals surface area contributed by atoms with Crippen molar-refractivity contribution in [3.8, 4) is 0 Å². The number of hydrogen-bond donors (Lipinski definition) is 0. The Morgan fingerprint density at radius 3 is 2.74 bits per heavy atom. The lowest BCUT2D eigenvalue weighted by Crippen LogP contribution is -2.55. The van der Waals surface area contributed by atoms with Crippen molar-refractivity contribution in [2.45, 2.75) is 39.3 Å². The van der Waals surface area contributed by atoms with Crippen molar-refractivity contribution in [2.75, 3.05) is 24.5 Å². The molecule has 0 N–H and O–H groups in total. The molecule has 6 heteroatoms. The largest absolute Gasteiger partial charge is 0.444 e. The van der Waals surface area contributed by atoms with E-state index in [1.54, 1.807) is 0 Å². The number of piperazine rings is 1. The van der Waals surface area contributed by atoms with E-state index >= 15 is 0 Å². The summed E-state index contributed by atoms with van der Waals surface area (Å²) in [6.45, 7) is 9.95. The van der Waals surface area contributed by atoms with Gasteiger partial charge in [-0.3, -0.25) is 0 Å². The van der Waals surface area contributed by atoms with Crippen molar-refractivity contribution in [3.63, 3.8) is 0 Å². The van der Waals surface area contributed by atoms with Crippen LogP contribution in [0.3, 0.4) is 0 Å². The van der Waals surface area contributed by atoms with E-state index in [9.17, 15) is 4.79 Å². The Balaban J connectivity index is 1.72. The number of aromatic nitrogens is 1. The standard InChI is InChI=1S/C17H23N3O2S/c1-12-11-19(9-10-20(12)16(21)22-17(2,3)4)15-13-7-5-6-8-14(13)23-18-15/h5-8,12H,9-11H2,1-4H3/t12-/m1/s1. The fourth-order valence-corrected chi connectivity index (χ4v) is 3.64. The fraction of sp³-hybridized carbons (Fsp3) is 0.529. The van der Waals surface area contributed by atoms with Crippen LogP contribution >= 0.6 is 11.5 Å². The summed E-state index contributed by atoms with van der Waals surface area (Å²) in [5.41, 5.74) is -0.459. The highest BCUT2D eigenvalue weighted by Crippen LogP contribution is 2.30. The molecule has 1 aliphatic heterocycles. The molecule has 0 saturated carbocycles. The Morgan fingerprint density at radius 1 is 1.30 bits per heavy atom. The molecule has 0 unspecified atom stereocenters. The first kappa shape index (κ1) is 16.1. The van der Waals surface area contributed by atoms with Crippen LogP contribution in [0.4, 0.5) is 10.6 Å². The van der Waals surface area contributed by atoms with E-state index < -0.39 is 5.60 Å². The van der Waals surface area contributed by atoms with Crippen molar-refractivity contribution < 1.29 is 9.53 Å². The third-order valence-corrected chi connectivity index (χ3v) is 4.73. The summed E-state index contributed by atoms with van der Waals surface area (Å²) in [6, 6.07) is 8.38. The lowest BCUT2D eigenvalue weighted by molar-refractivity contribution is 0.0159. The quantitative estimate of drug-likeness (QED) is 0.797. The third kappa shape index (κ3) is 3.42. The molecule has 1 atom stereocenters. The van der Waals surface area contributed by atoms with Crippen LogP contribution in [0.2, 0.25) is 0 Å². The third-order valence-electron chi connectivity index (χ3n) is 3.91. The van der Waals surface area contributed by atoms with Gasteiger partial charge in [0.05, 0.1) is 4.70 Å². The van der Waals surface area contributed by atoms with E-state index in [1.165, 1.54) is 21.6 Å². The van der Waals surface area contributed by atoms with Gasteiger partial charge in [0, 0.05) is 31.1 Å². The van der Waals surface area contributed by atoms with E-state index in [4.69, 9.17) is 4.74 Å². The molecular weight excluding hydrogens is 310 g/mol. The Morgan fingerprint density at radius 2 is 2.04 bits per heavy atom. The smallest absolute Gasteiger partial charge is 0.410 e. The second kappa shape index (κ2) is 6.00. The number of hydrogen-bond acceptors (Lipinski definition) is 5. The summed E-state index contributed by atoms with van der Waals surface area (Å²) in [5, 5.41) is 1.19. The molecule has 0 radical (unpaired) electrons. The predicted molar refractivity (Wildman–Crippen MR) is 94.2 cm³/mol. The summed E-state index contributed by atoms with van der Waals surface area (Å²) in [4.78, 5) is 16.4. The summed E-state index contributed by atoms with van der Waals surface area (Å²) < 4.78 is 11.3. The molecule has 0 bridgehead atoms. The molecular formula is C17H23N3O2S. The number of carbonyl (C=O) groups is 1. The van der Waals surface area contributed by atoms with Crippen LogP contribution in [-0.2, 0) is 4.74 Å². The van der Waals surface area contributed by atoms with Crippen LogP contribution in [0.25, 0.3) is 10.1 Å². The number of nitrogens with zero attached hydrogens (tertiary/aromatic N) is 3. The number of fused-ring (bicyclic) bond motifs is 1. The molecule has 1 amide bonds. The zero-order chi connectivity index (χ0) is 16.6. The van der Waals surface area contributed by atoms with Gasteiger partial charge in [0.1, 0.15) is 11.4 Å². The van der Waals surface area contributed by atoms with Crippen LogP contribution in [0.5, 0.6) is 0 Å². The van der Waals surface area contributed by atoms with E-state index in [-0.39, 0.29) is 12.1 Å². The average Bonchev–Trinajstić information content (AvgIpc) is 2.89. The lowest BCUT2D eigenvalue weighted by atomic mass is 10.1. The SMILES string of the molecule is C[C@@H]1CN(c2nsc3ccccc23)CCN1C(=O)OC(C)(C)C. The molecule has 0 aliphatic carbocycles. The summed E-state index contributed by atoms with van der Waals surface area (Å²) in [7, 11) is 0. The number of amides is 1. The first-order valence-electron chi connectivity index (χ1n) is 7.94. The maximum absolute atomic E-state index is 12.3. The number of carbonyl (C=O) groups excluding carboxylic acids is 1. The van der Waals surface area contributed by atoms with Gasteiger partial charge in [-0.05, 0) is 51.4 Å². The molecule has 5 nitrogen and oxygen atoms in total. The van der Waals surface area contributed by atoms with Gasteiger partial charge in [0.2, 0.25) is 0 Å². The molecule has 1 aromatic carbocycles. The Hall–Kier alpha value is -1.82. The van der Waals surface area contributed by atoms with Gasteiger partial charge in [-0.25, -0.2) is 4.79 Å². The predicted octanol–water partition coefficient (Wildman–Crippen LogP) is 3.74. The number of rotatable bonds is 1. The maximum atomic E-state index is 12.3. The maximum Gasteiger partial charge on any atom is 0.410 e. The molecule has 3 rings (SSSR count). The second-order valence-corrected chi connectivity index (χ2v) is 7.78. The van der Waals surface area contributed by atoms with Crippen molar-refractivity contribution in [3.05, 3.63) is 24.3 Å². The number of benzene rings is 1. The van der Waals surface area contributed by atoms with E-state index in [2.05, 4.69) is 28.3 Å². The van der Waals surface area contributed by atoms with Crippen molar-refractivity contribution in [1.82, 2.24) is 9.27 Å². The highest BCUT2D eigenvalue weighted by atomic mass is 32.1. The first-order valence-corrected chi connectivity index (χ1v) is 8.71. The van der Waals surface area contributed by atoms with Crippen LogP contribution in [0, 0.1) is 0 Å². The van der Waals surface area contributed by atoms with Gasteiger partial charge in [-0.1, -0.05) is 12.1 Å². The van der Waals surface area contributed by atoms with Crippen molar-refractivity contribution in [1.29, 1.82) is 0 Å². The van der Waals surface area contributed by atoms with E-state index in [0.717, 1.165) is 18.9 Å². The van der Waals surface area contributed by atoms with Crippen LogP contribution in [0.15, 0.2) is 24.3 Å². The minimum Gasteiger partial charge on any atom is -0.444 e. The zero-order valence-corrected chi connectivity index (χ0v) is 14.9. The Kier molecular flexibility index (Phi) is 4.19. The summed E-state index contributed by atoms with van der Waals surface area (Å²) >= 11 is 1.53. The zero-order valence-electron chi connectivity index (χ0n) is 14.1. The summed E-state index contributed by atoms with van der Waals surface area (Å²) in [5.74, 6) is 1.03. The minimum atomic E-state index is -0.459. The highest BCUT2D eigenvalue weighted by Gasteiger charge is 2.31. The van der Waals surface area contributed by atoms with Gasteiger partial charge >= 0.3 is 6.09 Å². The van der Waals surface area contributed by atoms with Crippen molar-refractivity contribution >= 4 is 33.5 Å². The van der Waals surface area contributed by atoms with Gasteiger partial charge in [-0.15, -0.1) is 0 Å². The number of anilines is 1. The van der Waals surface area contributed by atoms with Gasteiger partial charge in [-0.2, -0.15) is 4.37 Å². The van der Waals surface area contributed by atoms with Crippen LogP contribution < -0.4 is 4.90 Å². The minimum absolute atomic E-state index is 0.0964. The fourth-order valence-electron chi connectivity index (χ4n) is 2.84. The molecule has 0 spiro atoms. The van der Waals surface area contributed by atoms with Gasteiger partial charge in [0.15, 0.2) is 0 Å². The Labute approximate surface area is 141 Å². The Bertz CT molecular complexity index is 707. The molecule has 124 valence electrons. The van der Waals surface area contributed by atoms with Crippen molar-refractivity contribution in [2.24, 2.45) is 0 Å². The molecule has 1 aromatic heterocycles. The average molecular weight is 333 g/mol. The van der Waals surface area contributed by atoms with E-state index in [0.29, 0.717) is 6.54 Å². The normalized spacial score (nSPS) is 19.2. The molecule has 1 fully saturated rings. The summed E-state index contributed by atoms with van der Waals surface area (Å²) in [6.07, 6.45) is -0.229. The topological polar surface area (TPSA) is 45.7 Å². The molecule has 1 saturated heterocycles. The lowest BCUT2D eigenvalue weighted by Gasteiger charge is -2.40. The van der Waals surface area contributed by atoms with Crippen LogP contribution in [-0.4, -0.2) is 46.6 Å². The second-order valence-electron chi connectivity index (χ2n) is 6.97. The number of ether oxygens (including phenoxy) is 1. The van der Waals surface area contributed by atoms with E-state index in [1.807, 2.05) is 37.8 Å². The van der Waals surface area contributed by atoms with Gasteiger partial charge in [0.25, 0.3) is 0 Å². The molecule has 2 heterocycles.